The molecule has 8 heteroatoms. The van der Waals surface area contributed by atoms with E-state index < -0.39 is 21.8 Å². The van der Waals surface area contributed by atoms with Crippen molar-refractivity contribution in [2.24, 2.45) is 0 Å². The van der Waals surface area contributed by atoms with Gasteiger partial charge < -0.3 is 5.32 Å². The van der Waals surface area contributed by atoms with Crippen LogP contribution in [-0.2, 0) is 16.2 Å². The summed E-state index contributed by atoms with van der Waals surface area (Å²) in [4.78, 5) is 0.0737. The van der Waals surface area contributed by atoms with Gasteiger partial charge >= 0.3 is 6.18 Å². The van der Waals surface area contributed by atoms with E-state index in [1.165, 1.54) is 43.4 Å². The molecule has 0 aliphatic rings. The monoisotopic (exact) mass is 330 g/mol. The summed E-state index contributed by atoms with van der Waals surface area (Å²) in [5.74, 6) is 0. The van der Waals surface area contributed by atoms with Gasteiger partial charge in [-0.2, -0.15) is 13.2 Å². The Morgan fingerprint density at radius 3 is 2.14 bits per heavy atom. The number of alkyl halides is 3. The number of hydrogen-bond acceptors (Lipinski definition) is 3. The van der Waals surface area contributed by atoms with Gasteiger partial charge in [-0.05, 0) is 49.5 Å². The van der Waals surface area contributed by atoms with Crippen molar-refractivity contribution in [3.63, 3.8) is 0 Å². The molecule has 118 valence electrons. The Morgan fingerprint density at radius 2 is 1.59 bits per heavy atom. The molecule has 0 atom stereocenters. The minimum Gasteiger partial charge on any atom is -0.356 e. The third-order valence-corrected chi connectivity index (χ3v) is 4.34. The van der Waals surface area contributed by atoms with E-state index in [2.05, 4.69) is 10.0 Å². The number of anilines is 2. The highest BCUT2D eigenvalue weighted by atomic mass is 32.2. The molecule has 22 heavy (non-hydrogen) atoms. The van der Waals surface area contributed by atoms with E-state index in [4.69, 9.17) is 0 Å². The SMILES string of the molecule is CNS(=O)(=O)c1ccc(Nc2cccc(C(F)(F)F)c2)cc1. The Labute approximate surface area is 126 Å². The molecule has 2 aromatic rings. The molecule has 2 aromatic carbocycles. The van der Waals surface area contributed by atoms with Crippen LogP contribution < -0.4 is 10.0 Å². The lowest BCUT2D eigenvalue weighted by Gasteiger charge is -2.11. The van der Waals surface area contributed by atoms with Gasteiger partial charge in [0.1, 0.15) is 0 Å². The van der Waals surface area contributed by atoms with Crippen LogP contribution in [0.3, 0.4) is 0 Å². The number of sulfonamides is 1. The third-order valence-electron chi connectivity index (χ3n) is 2.91. The van der Waals surface area contributed by atoms with Gasteiger partial charge in [0.25, 0.3) is 0 Å². The van der Waals surface area contributed by atoms with E-state index in [1.807, 2.05) is 0 Å². The molecule has 0 radical (unpaired) electrons. The summed E-state index contributed by atoms with van der Waals surface area (Å²) in [6.07, 6.45) is -4.41. The maximum absolute atomic E-state index is 12.6. The van der Waals surface area contributed by atoms with Gasteiger partial charge in [-0.15, -0.1) is 0 Å². The van der Waals surface area contributed by atoms with Gasteiger partial charge in [0.2, 0.25) is 10.0 Å². The molecule has 0 amide bonds. The zero-order valence-electron chi connectivity index (χ0n) is 11.5. The molecule has 0 saturated heterocycles. The van der Waals surface area contributed by atoms with Gasteiger partial charge in [0, 0.05) is 11.4 Å². The summed E-state index contributed by atoms with van der Waals surface area (Å²) in [5.41, 5.74) is -0.0136. The topological polar surface area (TPSA) is 58.2 Å². The van der Waals surface area contributed by atoms with E-state index in [0.717, 1.165) is 12.1 Å². The molecular formula is C14H13F3N2O2S. The van der Waals surface area contributed by atoms with Crippen LogP contribution in [0.2, 0.25) is 0 Å². The molecule has 0 fully saturated rings. The second-order valence-electron chi connectivity index (χ2n) is 4.44. The van der Waals surface area contributed by atoms with Crippen molar-refractivity contribution in [1.82, 2.24) is 4.72 Å². The molecule has 0 aliphatic carbocycles. The third kappa shape index (κ3) is 3.77. The average Bonchev–Trinajstić information content (AvgIpc) is 2.47. The van der Waals surface area contributed by atoms with E-state index >= 15 is 0 Å². The van der Waals surface area contributed by atoms with Crippen LogP contribution in [0.1, 0.15) is 5.56 Å². The second kappa shape index (κ2) is 5.98. The summed E-state index contributed by atoms with van der Waals surface area (Å²) in [5, 5.41) is 2.80. The Hall–Kier alpha value is -2.06. The largest absolute Gasteiger partial charge is 0.416 e. The first-order chi connectivity index (χ1) is 10.2. The first-order valence-electron chi connectivity index (χ1n) is 6.20. The first-order valence-corrected chi connectivity index (χ1v) is 7.68. The summed E-state index contributed by atoms with van der Waals surface area (Å²) in [7, 11) is -2.24. The number of nitrogens with one attached hydrogen (secondary N) is 2. The molecule has 0 aliphatic heterocycles. The Morgan fingerprint density at radius 1 is 0.955 bits per heavy atom. The van der Waals surface area contributed by atoms with Crippen molar-refractivity contribution in [3.05, 3.63) is 54.1 Å². The van der Waals surface area contributed by atoms with E-state index in [9.17, 15) is 21.6 Å². The Balaban J connectivity index is 2.22. The van der Waals surface area contributed by atoms with Crippen LogP contribution in [0, 0.1) is 0 Å². The molecule has 0 unspecified atom stereocenters. The number of halogens is 3. The molecule has 0 bridgehead atoms. The molecule has 4 nitrogen and oxygen atoms in total. The fourth-order valence-corrected chi connectivity index (χ4v) is 2.51. The van der Waals surface area contributed by atoms with E-state index in [1.54, 1.807) is 0 Å². The lowest BCUT2D eigenvalue weighted by Crippen LogP contribution is -2.18. The molecule has 0 heterocycles. The summed E-state index contributed by atoms with van der Waals surface area (Å²) in [6.45, 7) is 0. The normalized spacial score (nSPS) is 12.2. The zero-order valence-corrected chi connectivity index (χ0v) is 12.3. The zero-order chi connectivity index (χ0) is 16.4. The van der Waals surface area contributed by atoms with Crippen LogP contribution >= 0.6 is 0 Å². The van der Waals surface area contributed by atoms with E-state index in [0.29, 0.717) is 5.69 Å². The minimum absolute atomic E-state index is 0.0737. The molecule has 2 rings (SSSR count). The van der Waals surface area contributed by atoms with Crippen LogP contribution in [0.25, 0.3) is 0 Å². The minimum atomic E-state index is -4.41. The maximum Gasteiger partial charge on any atom is 0.416 e. The lowest BCUT2D eigenvalue weighted by molar-refractivity contribution is -0.137. The quantitative estimate of drug-likeness (QED) is 0.904. The van der Waals surface area contributed by atoms with Crippen LogP contribution in [0.5, 0.6) is 0 Å². The maximum atomic E-state index is 12.6. The average molecular weight is 330 g/mol. The molecule has 0 saturated carbocycles. The van der Waals surface area contributed by atoms with Crippen molar-refractivity contribution in [2.45, 2.75) is 11.1 Å². The van der Waals surface area contributed by atoms with Gasteiger partial charge in [-0.25, -0.2) is 13.1 Å². The molecule has 2 N–H and O–H groups in total. The summed E-state index contributed by atoms with van der Waals surface area (Å²) >= 11 is 0. The highest BCUT2D eigenvalue weighted by Gasteiger charge is 2.30. The standard InChI is InChI=1S/C14H13F3N2O2S/c1-18-22(20,21)13-7-5-11(6-8-13)19-12-4-2-3-10(9-12)14(15,16)17/h2-9,18-19H,1H3. The van der Waals surface area contributed by atoms with Crippen molar-refractivity contribution in [2.75, 3.05) is 12.4 Å². The predicted molar refractivity (Wildman–Crippen MR) is 77.4 cm³/mol. The molecular weight excluding hydrogens is 317 g/mol. The van der Waals surface area contributed by atoms with Crippen molar-refractivity contribution in [3.8, 4) is 0 Å². The Bertz CT molecular complexity index is 756. The van der Waals surface area contributed by atoms with Crippen molar-refractivity contribution < 1.29 is 21.6 Å². The summed E-state index contributed by atoms with van der Waals surface area (Å²) < 4.78 is 63.2. The fourth-order valence-electron chi connectivity index (χ4n) is 1.78. The first kappa shape index (κ1) is 16.3. The highest BCUT2D eigenvalue weighted by Crippen LogP contribution is 2.31. The van der Waals surface area contributed by atoms with Crippen LogP contribution in [0.4, 0.5) is 24.5 Å². The van der Waals surface area contributed by atoms with Crippen LogP contribution in [-0.4, -0.2) is 15.5 Å². The number of benzene rings is 2. The Kier molecular flexibility index (Phi) is 4.43. The second-order valence-corrected chi connectivity index (χ2v) is 6.32. The van der Waals surface area contributed by atoms with Gasteiger partial charge in [-0.3, -0.25) is 0 Å². The van der Waals surface area contributed by atoms with Crippen molar-refractivity contribution in [1.29, 1.82) is 0 Å². The van der Waals surface area contributed by atoms with Gasteiger partial charge in [-0.1, -0.05) is 6.07 Å². The van der Waals surface area contributed by atoms with Crippen molar-refractivity contribution >= 4 is 21.4 Å². The fraction of sp³-hybridized carbons (Fsp3) is 0.143. The number of hydrogen-bond donors (Lipinski definition) is 2. The predicted octanol–water partition coefficient (Wildman–Crippen LogP) is 3.36. The smallest absolute Gasteiger partial charge is 0.356 e. The van der Waals surface area contributed by atoms with Crippen LogP contribution in [0.15, 0.2) is 53.4 Å². The lowest BCUT2D eigenvalue weighted by atomic mass is 10.2. The number of rotatable bonds is 4. The van der Waals surface area contributed by atoms with Gasteiger partial charge in [0.05, 0.1) is 10.5 Å². The van der Waals surface area contributed by atoms with Gasteiger partial charge in [0.15, 0.2) is 0 Å². The highest BCUT2D eigenvalue weighted by molar-refractivity contribution is 7.89. The molecule has 0 aromatic heterocycles. The van der Waals surface area contributed by atoms with E-state index in [-0.39, 0.29) is 10.6 Å². The summed E-state index contributed by atoms with van der Waals surface area (Å²) in [6, 6.07) is 10.4. The molecule has 0 spiro atoms.